The van der Waals surface area contributed by atoms with Crippen LogP contribution in [0, 0.1) is 0 Å². The highest BCUT2D eigenvalue weighted by atomic mass is 28.4. The zero-order valence-corrected chi connectivity index (χ0v) is 11.7. The number of halogens is 1. The van der Waals surface area contributed by atoms with Gasteiger partial charge in [-0.05, 0) is 46.2 Å². The molecule has 0 amide bonds. The van der Waals surface area contributed by atoms with Crippen LogP contribution in [0.5, 0.6) is 0 Å². The molecule has 0 spiro atoms. The van der Waals surface area contributed by atoms with Gasteiger partial charge in [0, 0.05) is 12.2 Å². The van der Waals surface area contributed by atoms with Gasteiger partial charge in [0.05, 0.1) is 6.67 Å². The van der Waals surface area contributed by atoms with Crippen LogP contribution >= 0.6 is 0 Å². The molecule has 15 heavy (non-hydrogen) atoms. The summed E-state index contributed by atoms with van der Waals surface area (Å²) in [5.41, 5.74) is 0. The first-order valence-electron chi connectivity index (χ1n) is 5.87. The molecule has 0 unspecified atom stereocenters. The maximum atomic E-state index is 12.2. The summed E-state index contributed by atoms with van der Waals surface area (Å²) in [5.74, 6) is 0. The monoisotopic (exact) mass is 236 g/mol. The van der Waals surface area contributed by atoms with Gasteiger partial charge >= 0.3 is 8.56 Å². The van der Waals surface area contributed by atoms with E-state index in [1.54, 1.807) is 0 Å². The smallest absolute Gasteiger partial charge is 0.338 e. The van der Waals surface area contributed by atoms with Crippen LogP contribution in [0.2, 0.25) is 12.1 Å². The van der Waals surface area contributed by atoms with Gasteiger partial charge in [-0.15, -0.1) is 0 Å². The van der Waals surface area contributed by atoms with Crippen molar-refractivity contribution in [2.24, 2.45) is 0 Å². The van der Waals surface area contributed by atoms with Crippen molar-refractivity contribution < 1.29 is 13.2 Å². The summed E-state index contributed by atoms with van der Waals surface area (Å²) in [5, 5.41) is 0. The second-order valence-corrected chi connectivity index (χ2v) is 7.89. The lowest BCUT2D eigenvalue weighted by atomic mass is 10.5. The van der Waals surface area contributed by atoms with Crippen molar-refractivity contribution in [3.8, 4) is 0 Å². The van der Waals surface area contributed by atoms with Crippen LogP contribution in [-0.4, -0.2) is 27.4 Å². The molecule has 92 valence electrons. The molecule has 0 aromatic rings. The zero-order valence-electron chi connectivity index (χ0n) is 10.7. The molecule has 0 aliphatic carbocycles. The third-order valence-corrected chi connectivity index (χ3v) is 6.13. The standard InChI is InChI=1S/C11H25FO2Si/c1-6-15(9-7-8-12,13-10(2)3)14-11(4)5/h10-11H,6-9H2,1-5H3. The molecule has 0 N–H and O–H groups in total. The molecule has 0 atom stereocenters. The predicted octanol–water partition coefficient (Wildman–Crippen LogP) is 3.66. The Hall–Kier alpha value is 0.0669. The van der Waals surface area contributed by atoms with E-state index in [-0.39, 0.29) is 18.9 Å². The molecule has 2 nitrogen and oxygen atoms in total. The largest absolute Gasteiger partial charge is 0.392 e. The Morgan fingerprint density at radius 3 is 1.80 bits per heavy atom. The van der Waals surface area contributed by atoms with Crippen molar-refractivity contribution in [2.75, 3.05) is 6.67 Å². The fraction of sp³-hybridized carbons (Fsp3) is 1.00. The fourth-order valence-electron chi connectivity index (χ4n) is 1.68. The zero-order chi connectivity index (χ0) is 11.9. The van der Waals surface area contributed by atoms with Gasteiger partial charge in [-0.3, -0.25) is 4.39 Å². The third-order valence-electron chi connectivity index (χ3n) is 2.13. The van der Waals surface area contributed by atoms with Crippen LogP contribution in [0.4, 0.5) is 4.39 Å². The van der Waals surface area contributed by atoms with Crippen LogP contribution in [0.3, 0.4) is 0 Å². The second kappa shape index (κ2) is 7.36. The maximum Gasteiger partial charge on any atom is 0.338 e. The number of hydrogen-bond acceptors (Lipinski definition) is 2. The van der Waals surface area contributed by atoms with Gasteiger partial charge < -0.3 is 8.85 Å². The Morgan fingerprint density at radius 1 is 1.07 bits per heavy atom. The summed E-state index contributed by atoms with van der Waals surface area (Å²) in [6.07, 6.45) is 0.879. The predicted molar refractivity (Wildman–Crippen MR) is 64.1 cm³/mol. The molecule has 0 saturated carbocycles. The third kappa shape index (κ3) is 6.28. The van der Waals surface area contributed by atoms with E-state index in [4.69, 9.17) is 8.85 Å². The molecule has 0 radical (unpaired) electrons. The van der Waals surface area contributed by atoms with Gasteiger partial charge in [0.15, 0.2) is 0 Å². The lowest BCUT2D eigenvalue weighted by Gasteiger charge is -2.33. The van der Waals surface area contributed by atoms with E-state index in [1.807, 2.05) is 27.7 Å². The first-order valence-corrected chi connectivity index (χ1v) is 8.10. The molecular weight excluding hydrogens is 211 g/mol. The first kappa shape index (κ1) is 15.1. The minimum absolute atomic E-state index is 0.162. The second-order valence-electron chi connectivity index (χ2n) is 4.39. The van der Waals surface area contributed by atoms with Gasteiger partial charge in [-0.1, -0.05) is 6.92 Å². The molecule has 0 bridgehead atoms. The highest BCUT2D eigenvalue weighted by Gasteiger charge is 2.37. The van der Waals surface area contributed by atoms with E-state index < -0.39 is 8.56 Å². The van der Waals surface area contributed by atoms with Gasteiger partial charge in [0.1, 0.15) is 0 Å². The Morgan fingerprint density at radius 2 is 1.53 bits per heavy atom. The molecule has 0 heterocycles. The van der Waals surface area contributed by atoms with Crippen molar-refractivity contribution in [1.29, 1.82) is 0 Å². The normalized spacial score (nSPS) is 12.8. The average Bonchev–Trinajstić information content (AvgIpc) is 2.12. The maximum absolute atomic E-state index is 12.2. The van der Waals surface area contributed by atoms with Gasteiger partial charge in [0.2, 0.25) is 0 Å². The van der Waals surface area contributed by atoms with Crippen molar-refractivity contribution in [3.63, 3.8) is 0 Å². The molecule has 0 fully saturated rings. The quantitative estimate of drug-likeness (QED) is 0.599. The molecule has 0 saturated heterocycles. The van der Waals surface area contributed by atoms with E-state index in [9.17, 15) is 4.39 Å². The summed E-state index contributed by atoms with van der Waals surface area (Å²) in [6.45, 7) is 9.84. The van der Waals surface area contributed by atoms with Crippen LogP contribution < -0.4 is 0 Å². The number of alkyl halides is 1. The van der Waals surface area contributed by atoms with Crippen molar-refractivity contribution in [3.05, 3.63) is 0 Å². The molecular formula is C11H25FO2Si. The van der Waals surface area contributed by atoms with Crippen LogP contribution in [0.15, 0.2) is 0 Å². The summed E-state index contributed by atoms with van der Waals surface area (Å²) in [6, 6.07) is 1.65. The Labute approximate surface area is 94.4 Å². The average molecular weight is 236 g/mol. The SMILES string of the molecule is CC[Si](CCCF)(OC(C)C)OC(C)C. The molecule has 0 aromatic heterocycles. The number of hydrogen-bond donors (Lipinski definition) is 0. The highest BCUT2D eigenvalue weighted by molar-refractivity contribution is 6.67. The minimum Gasteiger partial charge on any atom is -0.392 e. The lowest BCUT2D eigenvalue weighted by molar-refractivity contribution is 0.104. The van der Waals surface area contributed by atoms with Crippen LogP contribution in [-0.2, 0) is 8.85 Å². The summed E-state index contributed by atoms with van der Waals surface area (Å²) < 4.78 is 24.1. The summed E-state index contributed by atoms with van der Waals surface area (Å²) in [7, 11) is -2.16. The lowest BCUT2D eigenvalue weighted by Crippen LogP contribution is -2.45. The number of rotatable bonds is 8. The van der Waals surface area contributed by atoms with Gasteiger partial charge in [0.25, 0.3) is 0 Å². The minimum atomic E-state index is -2.16. The Balaban J connectivity index is 4.44. The Bertz CT molecular complexity index is 153. The molecule has 4 heteroatoms. The van der Waals surface area contributed by atoms with Crippen LogP contribution in [0.1, 0.15) is 41.0 Å². The van der Waals surface area contributed by atoms with Crippen LogP contribution in [0.25, 0.3) is 0 Å². The van der Waals surface area contributed by atoms with E-state index in [1.165, 1.54) is 0 Å². The highest BCUT2D eigenvalue weighted by Crippen LogP contribution is 2.24. The fourth-order valence-corrected chi connectivity index (χ4v) is 5.05. The summed E-state index contributed by atoms with van der Waals surface area (Å²) >= 11 is 0. The van der Waals surface area contributed by atoms with Crippen molar-refractivity contribution in [1.82, 2.24) is 0 Å². The molecule has 0 aliphatic rings. The molecule has 0 rings (SSSR count). The van der Waals surface area contributed by atoms with E-state index in [2.05, 4.69) is 6.92 Å². The summed E-state index contributed by atoms with van der Waals surface area (Å²) in [4.78, 5) is 0. The van der Waals surface area contributed by atoms with Gasteiger partial charge in [-0.25, -0.2) is 0 Å². The molecule has 0 aliphatic heterocycles. The van der Waals surface area contributed by atoms with E-state index >= 15 is 0 Å². The van der Waals surface area contributed by atoms with Crippen molar-refractivity contribution in [2.45, 2.75) is 65.3 Å². The molecule has 0 aromatic carbocycles. The van der Waals surface area contributed by atoms with Crippen molar-refractivity contribution >= 4 is 8.56 Å². The topological polar surface area (TPSA) is 18.5 Å². The first-order chi connectivity index (χ1) is 6.95. The Kier molecular flexibility index (Phi) is 7.39. The van der Waals surface area contributed by atoms with E-state index in [0.29, 0.717) is 6.42 Å². The van der Waals surface area contributed by atoms with Gasteiger partial charge in [-0.2, -0.15) is 0 Å². The van der Waals surface area contributed by atoms with E-state index in [0.717, 1.165) is 12.1 Å².